The zero-order valence-electron chi connectivity index (χ0n) is 15.0. The van der Waals surface area contributed by atoms with Crippen molar-refractivity contribution in [3.63, 3.8) is 0 Å². The Morgan fingerprint density at radius 3 is 2.07 bits per heavy atom. The van der Waals surface area contributed by atoms with Crippen LogP contribution in [0.4, 0.5) is 0 Å². The fourth-order valence-electron chi connectivity index (χ4n) is 2.25. The number of rotatable bonds is 11. The highest BCUT2D eigenvalue weighted by Gasteiger charge is 2.28. The van der Waals surface area contributed by atoms with Gasteiger partial charge in [0.2, 0.25) is 17.7 Å². The Morgan fingerprint density at radius 2 is 1.57 bits per heavy atom. The molecule has 9 N–H and O–H groups in total. The van der Waals surface area contributed by atoms with Crippen molar-refractivity contribution in [3.8, 4) is 5.75 Å². The van der Waals surface area contributed by atoms with Gasteiger partial charge in [0.15, 0.2) is 0 Å². The number of hydrogen-bond donors (Lipinski definition) is 7. The molecule has 1 rings (SSSR count). The number of phenolic OH excluding ortho intramolecular Hbond substituents is 1. The number of carboxylic acid groups (broad SMARTS) is 1. The Morgan fingerprint density at radius 1 is 1.00 bits per heavy atom. The average Bonchev–Trinajstić information content (AvgIpc) is 2.64. The van der Waals surface area contributed by atoms with Gasteiger partial charge in [0.1, 0.15) is 23.9 Å². The summed E-state index contributed by atoms with van der Waals surface area (Å²) in [6, 6.07) is 1.97. The predicted octanol–water partition coefficient (Wildman–Crippen LogP) is -2.43. The van der Waals surface area contributed by atoms with Gasteiger partial charge in [-0.1, -0.05) is 12.1 Å². The van der Waals surface area contributed by atoms with Crippen molar-refractivity contribution < 1.29 is 34.5 Å². The first kappa shape index (κ1) is 22.9. The number of carbonyl (C=O) groups excluding carboxylic acids is 3. The van der Waals surface area contributed by atoms with Crippen molar-refractivity contribution in [1.82, 2.24) is 10.6 Å². The van der Waals surface area contributed by atoms with Gasteiger partial charge >= 0.3 is 5.97 Å². The summed E-state index contributed by atoms with van der Waals surface area (Å²) in [7, 11) is 0. The molecule has 0 spiro atoms. The third kappa shape index (κ3) is 7.60. The number of amides is 3. The van der Waals surface area contributed by atoms with Crippen LogP contribution in [-0.4, -0.2) is 63.7 Å². The number of nitrogens with two attached hydrogens (primary N) is 2. The van der Waals surface area contributed by atoms with Gasteiger partial charge in [-0.2, -0.15) is 0 Å². The number of aliphatic hydroxyl groups is 1. The summed E-state index contributed by atoms with van der Waals surface area (Å²) >= 11 is 0. The third-order valence-electron chi connectivity index (χ3n) is 3.84. The second kappa shape index (κ2) is 10.8. The van der Waals surface area contributed by atoms with Crippen molar-refractivity contribution >= 4 is 23.7 Å². The molecule has 1 aromatic carbocycles. The first-order chi connectivity index (χ1) is 13.1. The molecule has 3 atom stereocenters. The van der Waals surface area contributed by atoms with Crippen molar-refractivity contribution in [3.05, 3.63) is 29.8 Å². The molecule has 0 unspecified atom stereocenters. The van der Waals surface area contributed by atoms with E-state index in [1.165, 1.54) is 24.3 Å². The summed E-state index contributed by atoms with van der Waals surface area (Å²) in [6.45, 7) is -0.643. The first-order valence-corrected chi connectivity index (χ1v) is 8.40. The van der Waals surface area contributed by atoms with Gasteiger partial charge in [0.05, 0.1) is 6.61 Å². The Labute approximate surface area is 160 Å². The largest absolute Gasteiger partial charge is 0.508 e. The number of benzene rings is 1. The molecule has 154 valence electrons. The lowest BCUT2D eigenvalue weighted by atomic mass is 10.0. The normalized spacial score (nSPS) is 13.8. The van der Waals surface area contributed by atoms with E-state index >= 15 is 0 Å². The fraction of sp³-hybridized carbons (Fsp3) is 0.412. The van der Waals surface area contributed by atoms with Crippen LogP contribution < -0.4 is 22.1 Å². The Kier molecular flexibility index (Phi) is 8.85. The van der Waals surface area contributed by atoms with E-state index in [-0.39, 0.29) is 25.0 Å². The maximum atomic E-state index is 12.6. The van der Waals surface area contributed by atoms with Gasteiger partial charge in [-0.3, -0.25) is 14.4 Å². The molecule has 0 fully saturated rings. The van der Waals surface area contributed by atoms with E-state index in [0.29, 0.717) is 5.56 Å². The molecule has 0 heterocycles. The molecule has 11 heteroatoms. The summed E-state index contributed by atoms with van der Waals surface area (Å²) in [4.78, 5) is 46.7. The fourth-order valence-corrected chi connectivity index (χ4v) is 2.25. The van der Waals surface area contributed by atoms with Crippen LogP contribution in [0.25, 0.3) is 0 Å². The SMILES string of the molecule is NC(=O)CC[C@H](NC(=O)[C@H](Cc1ccc(O)cc1)NC(=O)[C@@H](N)CO)C(=O)O. The molecule has 0 saturated heterocycles. The number of nitrogens with one attached hydrogen (secondary N) is 2. The molecule has 0 aliphatic carbocycles. The smallest absolute Gasteiger partial charge is 0.326 e. The van der Waals surface area contributed by atoms with Crippen LogP contribution in [0.15, 0.2) is 24.3 Å². The molecule has 0 aliphatic heterocycles. The number of primary amides is 1. The summed E-state index contributed by atoms with van der Waals surface area (Å²) in [5, 5.41) is 32.1. The van der Waals surface area contributed by atoms with Crippen LogP contribution in [0.5, 0.6) is 5.75 Å². The number of phenols is 1. The molecule has 0 aliphatic rings. The summed E-state index contributed by atoms with van der Waals surface area (Å²) in [5.74, 6) is -3.69. The van der Waals surface area contributed by atoms with Gasteiger partial charge in [0.25, 0.3) is 0 Å². The number of carboxylic acids is 1. The highest BCUT2D eigenvalue weighted by molar-refractivity contribution is 5.92. The Hall–Kier alpha value is -3.18. The van der Waals surface area contributed by atoms with E-state index in [1.807, 2.05) is 0 Å². The molecule has 1 aromatic rings. The molecule has 0 radical (unpaired) electrons. The van der Waals surface area contributed by atoms with Gasteiger partial charge < -0.3 is 37.4 Å². The molecular weight excluding hydrogens is 372 g/mol. The van der Waals surface area contributed by atoms with E-state index in [4.69, 9.17) is 16.6 Å². The van der Waals surface area contributed by atoms with Gasteiger partial charge in [-0.15, -0.1) is 0 Å². The molecule has 0 aromatic heterocycles. The van der Waals surface area contributed by atoms with Crippen LogP contribution in [0, 0.1) is 0 Å². The second-order valence-corrected chi connectivity index (χ2v) is 6.13. The monoisotopic (exact) mass is 396 g/mol. The molecule has 3 amide bonds. The predicted molar refractivity (Wildman–Crippen MR) is 96.8 cm³/mol. The minimum atomic E-state index is -1.38. The Balaban J connectivity index is 2.95. The van der Waals surface area contributed by atoms with Crippen LogP contribution in [0.1, 0.15) is 18.4 Å². The highest BCUT2D eigenvalue weighted by Crippen LogP contribution is 2.12. The van der Waals surface area contributed by atoms with E-state index in [2.05, 4.69) is 10.6 Å². The van der Waals surface area contributed by atoms with Gasteiger partial charge in [-0.25, -0.2) is 4.79 Å². The van der Waals surface area contributed by atoms with Crippen molar-refractivity contribution in [2.24, 2.45) is 11.5 Å². The minimum absolute atomic E-state index is 0.00785. The Bertz CT molecular complexity index is 708. The molecule has 11 nitrogen and oxygen atoms in total. The quantitative estimate of drug-likeness (QED) is 0.214. The zero-order valence-corrected chi connectivity index (χ0v) is 15.0. The number of carbonyl (C=O) groups is 4. The van der Waals surface area contributed by atoms with Gasteiger partial charge in [0, 0.05) is 12.8 Å². The molecule has 0 saturated carbocycles. The maximum absolute atomic E-state index is 12.6. The van der Waals surface area contributed by atoms with Gasteiger partial charge in [-0.05, 0) is 24.1 Å². The van der Waals surface area contributed by atoms with Crippen LogP contribution in [0.3, 0.4) is 0 Å². The average molecular weight is 396 g/mol. The van der Waals surface area contributed by atoms with Crippen LogP contribution in [-0.2, 0) is 25.6 Å². The standard InChI is InChI=1S/C17H24N4O7/c18-11(8-22)15(25)21-13(7-9-1-3-10(23)4-2-9)16(26)20-12(17(27)28)5-6-14(19)24/h1-4,11-13,22-23H,5-8,18H2,(H2,19,24)(H,20,26)(H,21,25)(H,27,28)/t11-,12-,13-/m0/s1. The topological polar surface area (TPSA) is 205 Å². The number of aromatic hydroxyl groups is 1. The summed E-state index contributed by atoms with van der Waals surface area (Å²) in [5.41, 5.74) is 11.0. The summed E-state index contributed by atoms with van der Waals surface area (Å²) < 4.78 is 0. The molecule has 0 bridgehead atoms. The van der Waals surface area contributed by atoms with E-state index < -0.39 is 48.4 Å². The van der Waals surface area contributed by atoms with Crippen molar-refractivity contribution in [1.29, 1.82) is 0 Å². The minimum Gasteiger partial charge on any atom is -0.508 e. The number of aliphatic carboxylic acids is 1. The number of hydrogen-bond acceptors (Lipinski definition) is 7. The van der Waals surface area contributed by atoms with E-state index in [0.717, 1.165) is 0 Å². The second-order valence-electron chi connectivity index (χ2n) is 6.13. The third-order valence-corrected chi connectivity index (χ3v) is 3.84. The van der Waals surface area contributed by atoms with Crippen LogP contribution >= 0.6 is 0 Å². The van der Waals surface area contributed by atoms with Crippen LogP contribution in [0.2, 0.25) is 0 Å². The summed E-state index contributed by atoms with van der Waals surface area (Å²) in [6.07, 6.45) is -0.494. The lowest BCUT2D eigenvalue weighted by Gasteiger charge is -2.22. The zero-order chi connectivity index (χ0) is 21.3. The molecular formula is C17H24N4O7. The maximum Gasteiger partial charge on any atom is 0.326 e. The van der Waals surface area contributed by atoms with Crippen molar-refractivity contribution in [2.75, 3.05) is 6.61 Å². The molecule has 28 heavy (non-hydrogen) atoms. The van der Waals surface area contributed by atoms with Crippen molar-refractivity contribution in [2.45, 2.75) is 37.4 Å². The lowest BCUT2D eigenvalue weighted by molar-refractivity contribution is -0.142. The van der Waals surface area contributed by atoms with E-state index in [9.17, 15) is 29.4 Å². The number of aliphatic hydroxyl groups excluding tert-OH is 1. The highest BCUT2D eigenvalue weighted by atomic mass is 16.4. The first-order valence-electron chi connectivity index (χ1n) is 8.40. The van der Waals surface area contributed by atoms with E-state index in [1.54, 1.807) is 0 Å². The lowest BCUT2D eigenvalue weighted by Crippen LogP contribution is -2.55.